The molecule has 0 unspecified atom stereocenters. The molecule has 1 aliphatic rings. The number of rotatable bonds is 3. The first-order valence-electron chi connectivity index (χ1n) is 5.61. The molecule has 0 heterocycles. The highest BCUT2D eigenvalue weighted by atomic mass is 35.5. The van der Waals surface area contributed by atoms with Crippen molar-refractivity contribution >= 4 is 23.4 Å². The Morgan fingerprint density at radius 2 is 2.24 bits per heavy atom. The molecule has 0 aliphatic heterocycles. The molecule has 1 aliphatic carbocycles. The van der Waals surface area contributed by atoms with Gasteiger partial charge in [-0.3, -0.25) is 9.59 Å². The Kier molecular flexibility index (Phi) is 4.52. The van der Waals surface area contributed by atoms with Gasteiger partial charge >= 0.3 is 5.97 Å². The Hall–Kier alpha value is -1.09. The van der Waals surface area contributed by atoms with Crippen molar-refractivity contribution in [1.29, 1.82) is 0 Å². The largest absolute Gasteiger partial charge is 0.431 e. The summed E-state index contributed by atoms with van der Waals surface area (Å²) >= 11 is 5.78. The average Bonchev–Trinajstić information content (AvgIpc) is 2.22. The van der Waals surface area contributed by atoms with E-state index in [9.17, 15) is 9.59 Å². The van der Waals surface area contributed by atoms with E-state index in [-0.39, 0.29) is 5.78 Å². The van der Waals surface area contributed by atoms with Gasteiger partial charge in [-0.2, -0.15) is 0 Å². The minimum absolute atomic E-state index is 0.0883. The predicted molar refractivity (Wildman–Crippen MR) is 66.4 cm³/mol. The maximum atomic E-state index is 12.0. The lowest BCUT2D eigenvalue weighted by molar-refractivity contribution is -0.141. The third-order valence-corrected chi connectivity index (χ3v) is 3.06. The molecule has 0 spiro atoms. The van der Waals surface area contributed by atoms with Gasteiger partial charge in [-0.15, -0.1) is 0 Å². The zero-order valence-electron chi connectivity index (χ0n) is 10.4. The fraction of sp³-hybridized carbons (Fsp3) is 0.538. The molecule has 0 saturated heterocycles. The summed E-state index contributed by atoms with van der Waals surface area (Å²) in [5.41, 5.74) is -0.764. The molecular formula is C13H17ClO3. The lowest BCUT2D eigenvalue weighted by Crippen LogP contribution is -2.34. The molecule has 0 saturated carbocycles. The molecule has 0 aromatic rings. The summed E-state index contributed by atoms with van der Waals surface area (Å²) in [5, 5.41) is 0.631. The molecule has 17 heavy (non-hydrogen) atoms. The van der Waals surface area contributed by atoms with Crippen molar-refractivity contribution in [3.05, 3.63) is 22.9 Å². The Bertz CT molecular complexity index is 391. The van der Waals surface area contributed by atoms with Crippen LogP contribution < -0.4 is 0 Å². The van der Waals surface area contributed by atoms with Crippen LogP contribution in [0.25, 0.3) is 0 Å². The molecule has 1 rings (SSSR count). The second-order valence-corrected chi connectivity index (χ2v) is 5.05. The lowest BCUT2D eigenvalue weighted by atomic mass is 9.75. The maximum absolute atomic E-state index is 12.0. The summed E-state index contributed by atoms with van der Waals surface area (Å²) in [5.74, 6) is 0.143. The second kappa shape index (κ2) is 5.50. The number of esters is 1. The van der Waals surface area contributed by atoms with Gasteiger partial charge in [0.25, 0.3) is 0 Å². The van der Waals surface area contributed by atoms with Gasteiger partial charge in [0, 0.05) is 18.4 Å². The van der Waals surface area contributed by atoms with Gasteiger partial charge in [-0.1, -0.05) is 17.7 Å². The average molecular weight is 257 g/mol. The van der Waals surface area contributed by atoms with E-state index in [2.05, 4.69) is 0 Å². The number of allylic oxidation sites excluding steroid dienone is 4. The van der Waals surface area contributed by atoms with Crippen molar-refractivity contribution in [3.8, 4) is 0 Å². The van der Waals surface area contributed by atoms with Gasteiger partial charge in [0.15, 0.2) is 0 Å². The van der Waals surface area contributed by atoms with Crippen molar-refractivity contribution in [2.75, 3.05) is 0 Å². The molecule has 3 nitrogen and oxygen atoms in total. The molecule has 0 amide bonds. The highest BCUT2D eigenvalue weighted by molar-refractivity contribution is 6.29. The summed E-state index contributed by atoms with van der Waals surface area (Å²) in [6, 6.07) is 0. The van der Waals surface area contributed by atoms with Crippen LogP contribution in [0.5, 0.6) is 0 Å². The number of ketones is 1. The molecule has 0 radical (unpaired) electrons. The van der Waals surface area contributed by atoms with Crippen molar-refractivity contribution < 1.29 is 14.3 Å². The number of ether oxygens (including phenoxy) is 1. The standard InChI is InChI=1S/C13H17ClO3/c1-9(14)7-8-13(3)11(16)5-4-6-12(13)17-10(2)15/h6-7H,4-5,8H2,1-3H3/b9-7+/t13-/m1/s1. The first kappa shape index (κ1) is 14.0. The van der Waals surface area contributed by atoms with E-state index in [0.29, 0.717) is 30.1 Å². The Morgan fingerprint density at radius 3 is 2.76 bits per heavy atom. The van der Waals surface area contributed by atoms with Gasteiger partial charge in [0.05, 0.1) is 5.41 Å². The number of Topliss-reactive ketones (excluding diaryl/α,β-unsaturated/α-hetero) is 1. The number of carbonyl (C=O) groups is 2. The molecule has 0 fully saturated rings. The zero-order chi connectivity index (χ0) is 13.1. The summed E-state index contributed by atoms with van der Waals surface area (Å²) in [6.07, 6.45) is 5.17. The van der Waals surface area contributed by atoms with E-state index in [1.54, 1.807) is 19.9 Å². The van der Waals surface area contributed by atoms with Gasteiger partial charge < -0.3 is 4.74 Å². The van der Waals surface area contributed by atoms with E-state index in [1.807, 2.05) is 6.08 Å². The van der Waals surface area contributed by atoms with Crippen molar-refractivity contribution in [1.82, 2.24) is 0 Å². The van der Waals surface area contributed by atoms with Crippen LogP contribution in [0.4, 0.5) is 0 Å². The van der Waals surface area contributed by atoms with E-state index < -0.39 is 11.4 Å². The number of halogens is 1. The monoisotopic (exact) mass is 256 g/mol. The van der Waals surface area contributed by atoms with Crippen LogP contribution in [0.3, 0.4) is 0 Å². The van der Waals surface area contributed by atoms with E-state index in [0.717, 1.165) is 0 Å². The number of carbonyl (C=O) groups excluding carboxylic acids is 2. The van der Waals surface area contributed by atoms with E-state index in [4.69, 9.17) is 16.3 Å². The summed E-state index contributed by atoms with van der Waals surface area (Å²) in [7, 11) is 0. The Morgan fingerprint density at radius 1 is 1.59 bits per heavy atom. The predicted octanol–water partition coefficient (Wildman–Crippen LogP) is 3.34. The van der Waals surface area contributed by atoms with Crippen LogP contribution in [0.2, 0.25) is 0 Å². The third-order valence-electron chi connectivity index (χ3n) is 2.91. The first-order chi connectivity index (χ1) is 7.86. The Labute approximate surface area is 106 Å². The topological polar surface area (TPSA) is 43.4 Å². The molecule has 1 atom stereocenters. The fourth-order valence-electron chi connectivity index (χ4n) is 1.84. The lowest BCUT2D eigenvalue weighted by Gasteiger charge is -2.31. The fourth-order valence-corrected chi connectivity index (χ4v) is 1.92. The summed E-state index contributed by atoms with van der Waals surface area (Å²) < 4.78 is 5.14. The van der Waals surface area contributed by atoms with E-state index in [1.165, 1.54) is 6.92 Å². The molecule has 0 aromatic carbocycles. The van der Waals surface area contributed by atoms with Gasteiger partial charge in [0.2, 0.25) is 0 Å². The smallest absolute Gasteiger partial charge is 0.307 e. The maximum Gasteiger partial charge on any atom is 0.307 e. The molecule has 94 valence electrons. The minimum atomic E-state index is -0.764. The Balaban J connectivity index is 2.99. The highest BCUT2D eigenvalue weighted by Gasteiger charge is 2.40. The van der Waals surface area contributed by atoms with Crippen molar-refractivity contribution in [2.24, 2.45) is 5.41 Å². The van der Waals surface area contributed by atoms with Crippen LogP contribution in [0, 0.1) is 5.41 Å². The highest BCUT2D eigenvalue weighted by Crippen LogP contribution is 2.39. The molecule has 0 bridgehead atoms. The van der Waals surface area contributed by atoms with Crippen LogP contribution in [0.15, 0.2) is 22.9 Å². The van der Waals surface area contributed by atoms with Crippen LogP contribution in [0.1, 0.15) is 40.0 Å². The summed E-state index contributed by atoms with van der Waals surface area (Å²) in [4.78, 5) is 23.0. The molecule has 0 N–H and O–H groups in total. The number of hydrogen-bond donors (Lipinski definition) is 0. The van der Waals surface area contributed by atoms with Crippen LogP contribution in [-0.4, -0.2) is 11.8 Å². The van der Waals surface area contributed by atoms with Crippen LogP contribution in [-0.2, 0) is 14.3 Å². The molecular weight excluding hydrogens is 240 g/mol. The molecule has 0 aromatic heterocycles. The van der Waals surface area contributed by atoms with E-state index >= 15 is 0 Å². The van der Waals surface area contributed by atoms with Gasteiger partial charge in [0.1, 0.15) is 11.5 Å². The van der Waals surface area contributed by atoms with Gasteiger partial charge in [-0.25, -0.2) is 0 Å². The van der Waals surface area contributed by atoms with Crippen molar-refractivity contribution in [2.45, 2.75) is 40.0 Å². The quantitative estimate of drug-likeness (QED) is 0.728. The second-order valence-electron chi connectivity index (χ2n) is 4.45. The van der Waals surface area contributed by atoms with Crippen molar-refractivity contribution in [3.63, 3.8) is 0 Å². The SMILES string of the molecule is CC(=O)OC1=CCCC(=O)[C@@]1(C)C/C=C(\C)Cl. The minimum Gasteiger partial charge on any atom is -0.431 e. The first-order valence-corrected chi connectivity index (χ1v) is 5.98. The zero-order valence-corrected chi connectivity index (χ0v) is 11.1. The van der Waals surface area contributed by atoms with Crippen LogP contribution >= 0.6 is 11.6 Å². The third kappa shape index (κ3) is 3.43. The number of hydrogen-bond acceptors (Lipinski definition) is 3. The normalized spacial score (nSPS) is 25.5. The van der Waals surface area contributed by atoms with Gasteiger partial charge in [-0.05, 0) is 32.8 Å². The summed E-state index contributed by atoms with van der Waals surface area (Å²) in [6.45, 7) is 4.88. The molecule has 4 heteroatoms.